The van der Waals surface area contributed by atoms with Crippen LogP contribution in [0.3, 0.4) is 0 Å². The maximum Gasteiger partial charge on any atom is 0.182 e. The lowest BCUT2D eigenvalue weighted by atomic mass is 10.2. The molecule has 3 N–H and O–H groups in total. The Morgan fingerprint density at radius 2 is 2.12 bits per heavy atom. The molecule has 0 bridgehead atoms. The molecule has 0 saturated heterocycles. The number of aromatic amines is 1. The van der Waals surface area contributed by atoms with Gasteiger partial charge in [0.2, 0.25) is 0 Å². The predicted molar refractivity (Wildman–Crippen MR) is 64.2 cm³/mol. The number of nitrogens with zero attached hydrogens (tertiary/aromatic N) is 2. The van der Waals surface area contributed by atoms with E-state index < -0.39 is 0 Å². The number of rotatable bonds is 4. The van der Waals surface area contributed by atoms with E-state index in [0.717, 1.165) is 24.2 Å². The van der Waals surface area contributed by atoms with Gasteiger partial charge in [0, 0.05) is 12.0 Å². The van der Waals surface area contributed by atoms with Crippen LogP contribution in [-0.4, -0.2) is 21.7 Å². The van der Waals surface area contributed by atoms with Gasteiger partial charge >= 0.3 is 0 Å². The maximum absolute atomic E-state index is 6.06. The third-order valence-electron chi connectivity index (χ3n) is 2.26. The first-order valence-electron chi connectivity index (χ1n) is 5.17. The summed E-state index contributed by atoms with van der Waals surface area (Å²) >= 11 is 6.06. The van der Waals surface area contributed by atoms with Gasteiger partial charge in [0.1, 0.15) is 5.82 Å². The second kappa shape index (κ2) is 5.09. The summed E-state index contributed by atoms with van der Waals surface area (Å²) in [7, 11) is 0. The Morgan fingerprint density at radius 1 is 1.31 bits per heavy atom. The lowest BCUT2D eigenvalue weighted by Crippen LogP contribution is -2.01. The van der Waals surface area contributed by atoms with Crippen molar-refractivity contribution in [3.05, 3.63) is 35.1 Å². The molecule has 16 heavy (non-hydrogen) atoms. The highest BCUT2D eigenvalue weighted by atomic mass is 35.5. The number of aromatic nitrogens is 3. The van der Waals surface area contributed by atoms with E-state index in [9.17, 15) is 0 Å². The number of nitrogens with one attached hydrogen (secondary N) is 1. The van der Waals surface area contributed by atoms with E-state index in [2.05, 4.69) is 15.2 Å². The zero-order chi connectivity index (χ0) is 11.4. The van der Waals surface area contributed by atoms with Crippen molar-refractivity contribution in [1.29, 1.82) is 0 Å². The summed E-state index contributed by atoms with van der Waals surface area (Å²) in [4.78, 5) is 4.37. The molecule has 0 spiro atoms. The molecule has 1 aromatic heterocycles. The van der Waals surface area contributed by atoms with Crippen LogP contribution in [0.1, 0.15) is 12.2 Å². The van der Waals surface area contributed by atoms with Gasteiger partial charge in [0.15, 0.2) is 5.82 Å². The van der Waals surface area contributed by atoms with Crippen LogP contribution in [0.4, 0.5) is 0 Å². The summed E-state index contributed by atoms with van der Waals surface area (Å²) in [6, 6.07) is 7.52. The van der Waals surface area contributed by atoms with E-state index in [1.54, 1.807) is 0 Å². The van der Waals surface area contributed by atoms with E-state index in [1.807, 2.05) is 24.3 Å². The first kappa shape index (κ1) is 11.1. The number of hydrogen-bond acceptors (Lipinski definition) is 3. The normalized spacial score (nSPS) is 10.6. The van der Waals surface area contributed by atoms with Gasteiger partial charge < -0.3 is 5.73 Å². The van der Waals surface area contributed by atoms with Crippen molar-refractivity contribution in [3.8, 4) is 11.4 Å². The van der Waals surface area contributed by atoms with Gasteiger partial charge in [-0.3, -0.25) is 5.10 Å². The summed E-state index contributed by atoms with van der Waals surface area (Å²) in [5.74, 6) is 1.48. The first-order valence-corrected chi connectivity index (χ1v) is 5.55. The van der Waals surface area contributed by atoms with Gasteiger partial charge in [-0.05, 0) is 25.1 Å². The molecule has 2 aromatic rings. The minimum absolute atomic E-state index is 0.637. The molecule has 0 atom stereocenters. The van der Waals surface area contributed by atoms with E-state index in [-0.39, 0.29) is 0 Å². The van der Waals surface area contributed by atoms with Crippen LogP contribution in [0, 0.1) is 0 Å². The maximum atomic E-state index is 6.06. The number of benzene rings is 1. The van der Waals surface area contributed by atoms with Crippen molar-refractivity contribution in [3.63, 3.8) is 0 Å². The third kappa shape index (κ3) is 2.40. The molecular weight excluding hydrogens is 224 g/mol. The van der Waals surface area contributed by atoms with Gasteiger partial charge in [-0.25, -0.2) is 4.98 Å². The molecule has 5 heteroatoms. The molecule has 0 saturated carbocycles. The second-order valence-corrected chi connectivity index (χ2v) is 3.88. The lowest BCUT2D eigenvalue weighted by Gasteiger charge is -1.97. The monoisotopic (exact) mass is 236 g/mol. The van der Waals surface area contributed by atoms with Crippen LogP contribution >= 0.6 is 11.6 Å². The lowest BCUT2D eigenvalue weighted by molar-refractivity contribution is 0.785. The van der Waals surface area contributed by atoms with Gasteiger partial charge in [-0.2, -0.15) is 5.10 Å². The van der Waals surface area contributed by atoms with Crippen LogP contribution in [0.15, 0.2) is 24.3 Å². The molecular formula is C11H13ClN4. The minimum Gasteiger partial charge on any atom is -0.330 e. The van der Waals surface area contributed by atoms with Crippen molar-refractivity contribution in [2.24, 2.45) is 5.73 Å². The molecule has 1 aromatic carbocycles. The molecule has 0 amide bonds. The van der Waals surface area contributed by atoms with Gasteiger partial charge in [-0.15, -0.1) is 0 Å². The fraction of sp³-hybridized carbons (Fsp3) is 0.273. The number of aryl methyl sites for hydroxylation is 1. The Hall–Kier alpha value is -1.39. The fourth-order valence-corrected chi connectivity index (χ4v) is 1.66. The highest BCUT2D eigenvalue weighted by molar-refractivity contribution is 6.33. The standard InChI is InChI=1S/C11H13ClN4/c12-9-5-2-1-4-8(9)11-14-10(15-16-11)6-3-7-13/h1-2,4-5H,3,6-7,13H2,(H,14,15,16). The Morgan fingerprint density at radius 3 is 2.88 bits per heavy atom. The first-order chi connectivity index (χ1) is 7.81. The van der Waals surface area contributed by atoms with Crippen molar-refractivity contribution in [1.82, 2.24) is 15.2 Å². The molecule has 0 aliphatic carbocycles. The number of halogens is 1. The smallest absolute Gasteiger partial charge is 0.182 e. The molecule has 0 fully saturated rings. The molecule has 0 aliphatic rings. The molecule has 0 aliphatic heterocycles. The average molecular weight is 237 g/mol. The third-order valence-corrected chi connectivity index (χ3v) is 2.59. The number of nitrogens with two attached hydrogens (primary N) is 1. The SMILES string of the molecule is NCCCc1nc(-c2ccccc2Cl)n[nH]1. The van der Waals surface area contributed by atoms with Gasteiger partial charge in [0.25, 0.3) is 0 Å². The average Bonchev–Trinajstić information content (AvgIpc) is 2.75. The number of hydrogen-bond donors (Lipinski definition) is 2. The quantitative estimate of drug-likeness (QED) is 0.854. The molecule has 4 nitrogen and oxygen atoms in total. The topological polar surface area (TPSA) is 67.6 Å². The summed E-state index contributed by atoms with van der Waals surface area (Å²) in [5, 5.41) is 7.69. The van der Waals surface area contributed by atoms with E-state index in [4.69, 9.17) is 17.3 Å². The van der Waals surface area contributed by atoms with Crippen LogP contribution in [-0.2, 0) is 6.42 Å². The summed E-state index contributed by atoms with van der Waals surface area (Å²) in [6.07, 6.45) is 1.71. The van der Waals surface area contributed by atoms with Gasteiger partial charge in [0.05, 0.1) is 5.02 Å². The second-order valence-electron chi connectivity index (χ2n) is 3.48. The molecule has 2 rings (SSSR count). The van der Waals surface area contributed by atoms with Crippen molar-refractivity contribution >= 4 is 11.6 Å². The van der Waals surface area contributed by atoms with Crippen molar-refractivity contribution < 1.29 is 0 Å². The van der Waals surface area contributed by atoms with E-state index in [0.29, 0.717) is 17.4 Å². The largest absolute Gasteiger partial charge is 0.330 e. The summed E-state index contributed by atoms with van der Waals surface area (Å²) in [6.45, 7) is 0.655. The zero-order valence-corrected chi connectivity index (χ0v) is 9.54. The van der Waals surface area contributed by atoms with Crippen LogP contribution in [0.5, 0.6) is 0 Å². The summed E-state index contributed by atoms with van der Waals surface area (Å²) in [5.41, 5.74) is 6.28. The van der Waals surface area contributed by atoms with Gasteiger partial charge in [-0.1, -0.05) is 23.7 Å². The Labute approximate surface area is 98.8 Å². The molecule has 0 radical (unpaired) electrons. The highest BCUT2D eigenvalue weighted by Crippen LogP contribution is 2.24. The Balaban J connectivity index is 2.22. The molecule has 1 heterocycles. The highest BCUT2D eigenvalue weighted by Gasteiger charge is 2.08. The molecule has 0 unspecified atom stereocenters. The van der Waals surface area contributed by atoms with Crippen LogP contribution in [0.2, 0.25) is 5.02 Å². The zero-order valence-electron chi connectivity index (χ0n) is 8.78. The van der Waals surface area contributed by atoms with Crippen LogP contribution in [0.25, 0.3) is 11.4 Å². The molecule has 84 valence electrons. The van der Waals surface area contributed by atoms with Crippen molar-refractivity contribution in [2.75, 3.05) is 6.54 Å². The van der Waals surface area contributed by atoms with E-state index in [1.165, 1.54) is 0 Å². The van der Waals surface area contributed by atoms with E-state index >= 15 is 0 Å². The van der Waals surface area contributed by atoms with Crippen molar-refractivity contribution in [2.45, 2.75) is 12.8 Å². The number of H-pyrrole nitrogens is 1. The minimum atomic E-state index is 0.637. The Kier molecular flexibility index (Phi) is 3.54. The Bertz CT molecular complexity index is 467. The predicted octanol–water partition coefficient (Wildman–Crippen LogP) is 2.02. The summed E-state index contributed by atoms with van der Waals surface area (Å²) < 4.78 is 0. The van der Waals surface area contributed by atoms with Crippen LogP contribution < -0.4 is 5.73 Å². The fourth-order valence-electron chi connectivity index (χ4n) is 1.44.